The zero-order chi connectivity index (χ0) is 12.3. The van der Waals surface area contributed by atoms with Gasteiger partial charge >= 0.3 is 0 Å². The van der Waals surface area contributed by atoms with Crippen LogP contribution in [0.15, 0.2) is 12.1 Å². The van der Waals surface area contributed by atoms with Gasteiger partial charge in [0.25, 0.3) is 0 Å². The summed E-state index contributed by atoms with van der Waals surface area (Å²) in [4.78, 5) is 13.3. The molecule has 5 heteroatoms. The van der Waals surface area contributed by atoms with Gasteiger partial charge in [-0.2, -0.15) is 0 Å². The predicted octanol–water partition coefficient (Wildman–Crippen LogP) is 2.41. The van der Waals surface area contributed by atoms with E-state index in [0.717, 1.165) is 35.1 Å². The summed E-state index contributed by atoms with van der Waals surface area (Å²) in [5.41, 5.74) is -0.207. The lowest BCUT2D eigenvalue weighted by atomic mass is 9.83. The molecule has 1 unspecified atom stereocenters. The Kier molecular flexibility index (Phi) is 4.07. The van der Waals surface area contributed by atoms with Crippen LogP contribution in [0.3, 0.4) is 0 Å². The molecule has 2 heterocycles. The monoisotopic (exact) mass is 272 g/mol. The van der Waals surface area contributed by atoms with Gasteiger partial charge < -0.3 is 10.6 Å². The van der Waals surface area contributed by atoms with Gasteiger partial charge in [0.05, 0.1) is 16.3 Å². The van der Waals surface area contributed by atoms with Crippen LogP contribution in [0.25, 0.3) is 0 Å². The molecule has 1 aromatic heterocycles. The maximum absolute atomic E-state index is 12.2. The minimum absolute atomic E-state index is 0.162. The molecule has 0 radical (unpaired) electrons. The fourth-order valence-corrected chi connectivity index (χ4v) is 3.23. The van der Waals surface area contributed by atoms with E-state index in [2.05, 4.69) is 17.6 Å². The van der Waals surface area contributed by atoms with Crippen molar-refractivity contribution in [3.05, 3.63) is 21.3 Å². The summed E-state index contributed by atoms with van der Waals surface area (Å²) in [6.07, 6.45) is 1.82. The Bertz CT molecular complexity index is 399. The third-order valence-electron chi connectivity index (χ3n) is 3.45. The van der Waals surface area contributed by atoms with Crippen molar-refractivity contribution in [1.82, 2.24) is 10.6 Å². The number of hydrogen-bond donors (Lipinski definition) is 2. The van der Waals surface area contributed by atoms with E-state index in [-0.39, 0.29) is 11.3 Å². The Labute approximate surface area is 111 Å². The maximum atomic E-state index is 12.2. The van der Waals surface area contributed by atoms with E-state index in [1.165, 1.54) is 11.3 Å². The average molecular weight is 273 g/mol. The minimum atomic E-state index is -0.207. The van der Waals surface area contributed by atoms with Crippen molar-refractivity contribution in [3.8, 4) is 0 Å². The van der Waals surface area contributed by atoms with Crippen LogP contribution in [0.4, 0.5) is 0 Å². The number of nitrogens with one attached hydrogen (secondary N) is 2. The topological polar surface area (TPSA) is 41.1 Å². The lowest BCUT2D eigenvalue weighted by Crippen LogP contribution is -2.41. The second-order valence-corrected chi connectivity index (χ2v) is 6.25. The highest BCUT2D eigenvalue weighted by Crippen LogP contribution is 2.30. The molecule has 1 atom stereocenters. The lowest BCUT2D eigenvalue weighted by molar-refractivity contribution is -0.130. The Balaban J connectivity index is 1.92. The Morgan fingerprint density at radius 2 is 2.47 bits per heavy atom. The first-order chi connectivity index (χ1) is 8.16. The fourth-order valence-electron chi connectivity index (χ4n) is 2.20. The van der Waals surface area contributed by atoms with Crippen LogP contribution in [-0.2, 0) is 11.3 Å². The van der Waals surface area contributed by atoms with Crippen molar-refractivity contribution in [2.45, 2.75) is 26.3 Å². The zero-order valence-electron chi connectivity index (χ0n) is 9.88. The van der Waals surface area contributed by atoms with Crippen LogP contribution < -0.4 is 10.6 Å². The molecule has 2 N–H and O–H groups in total. The summed E-state index contributed by atoms with van der Waals surface area (Å²) >= 11 is 7.37. The highest BCUT2D eigenvalue weighted by Gasteiger charge is 2.39. The standard InChI is InChI=1S/C12H17ClN2OS/c1-2-12(5-6-14-8-12)11(16)15-7-9-3-4-10(13)17-9/h3-4,14H,2,5-8H2,1H3,(H,15,16). The first kappa shape index (κ1) is 12.9. The summed E-state index contributed by atoms with van der Waals surface area (Å²) in [5.74, 6) is 0.162. The van der Waals surface area contributed by atoms with Crippen LogP contribution in [0.2, 0.25) is 4.34 Å². The van der Waals surface area contributed by atoms with Crippen LogP contribution in [0, 0.1) is 5.41 Å². The number of carbonyl (C=O) groups is 1. The largest absolute Gasteiger partial charge is 0.351 e. The molecule has 0 aliphatic carbocycles. The number of thiophene rings is 1. The molecule has 1 aromatic rings. The lowest BCUT2D eigenvalue weighted by Gasteiger charge is -2.25. The van der Waals surface area contributed by atoms with Crippen molar-refractivity contribution in [3.63, 3.8) is 0 Å². The SMILES string of the molecule is CCC1(C(=O)NCc2ccc(Cl)s2)CCNC1. The summed E-state index contributed by atoms with van der Waals surface area (Å²) in [6, 6.07) is 3.82. The van der Waals surface area contributed by atoms with Crippen LogP contribution >= 0.6 is 22.9 Å². The van der Waals surface area contributed by atoms with Crippen LogP contribution in [0.5, 0.6) is 0 Å². The Hall–Kier alpha value is -0.580. The van der Waals surface area contributed by atoms with Gasteiger partial charge in [0.15, 0.2) is 0 Å². The first-order valence-corrected chi connectivity index (χ1v) is 7.09. The second kappa shape index (κ2) is 5.38. The molecule has 1 fully saturated rings. The smallest absolute Gasteiger partial charge is 0.227 e. The van der Waals surface area contributed by atoms with Crippen molar-refractivity contribution < 1.29 is 4.79 Å². The van der Waals surface area contributed by atoms with E-state index in [4.69, 9.17) is 11.6 Å². The molecule has 1 saturated heterocycles. The van der Waals surface area contributed by atoms with E-state index in [0.29, 0.717) is 6.54 Å². The summed E-state index contributed by atoms with van der Waals surface area (Å²) < 4.78 is 0.766. The first-order valence-electron chi connectivity index (χ1n) is 5.89. The van der Waals surface area contributed by atoms with Crippen molar-refractivity contribution in [2.24, 2.45) is 5.41 Å². The molecule has 1 aliphatic rings. The highest BCUT2D eigenvalue weighted by molar-refractivity contribution is 7.16. The summed E-state index contributed by atoms with van der Waals surface area (Å²) in [6.45, 7) is 4.39. The number of halogens is 1. The minimum Gasteiger partial charge on any atom is -0.351 e. The van der Waals surface area contributed by atoms with Gasteiger partial charge in [-0.25, -0.2) is 0 Å². The van der Waals surface area contributed by atoms with Gasteiger partial charge in [-0.05, 0) is 31.5 Å². The molecule has 17 heavy (non-hydrogen) atoms. The van der Waals surface area contributed by atoms with Crippen LogP contribution in [-0.4, -0.2) is 19.0 Å². The van der Waals surface area contributed by atoms with Crippen molar-refractivity contribution in [1.29, 1.82) is 0 Å². The van der Waals surface area contributed by atoms with Gasteiger partial charge in [-0.15, -0.1) is 11.3 Å². The van der Waals surface area contributed by atoms with E-state index in [1.807, 2.05) is 12.1 Å². The van der Waals surface area contributed by atoms with Gasteiger partial charge in [-0.3, -0.25) is 4.79 Å². The number of rotatable bonds is 4. The van der Waals surface area contributed by atoms with Crippen molar-refractivity contribution >= 4 is 28.8 Å². The molecule has 0 spiro atoms. The molecule has 0 saturated carbocycles. The zero-order valence-corrected chi connectivity index (χ0v) is 11.5. The number of carbonyl (C=O) groups excluding carboxylic acids is 1. The average Bonchev–Trinajstić information content (AvgIpc) is 2.95. The highest BCUT2D eigenvalue weighted by atomic mass is 35.5. The van der Waals surface area contributed by atoms with Gasteiger partial charge in [0, 0.05) is 11.4 Å². The molecule has 3 nitrogen and oxygen atoms in total. The number of amides is 1. The van der Waals surface area contributed by atoms with E-state index < -0.39 is 0 Å². The second-order valence-electron chi connectivity index (χ2n) is 4.45. The third kappa shape index (κ3) is 2.81. The van der Waals surface area contributed by atoms with Gasteiger partial charge in [0.1, 0.15) is 0 Å². The molecule has 2 rings (SSSR count). The molecule has 94 valence electrons. The fraction of sp³-hybridized carbons (Fsp3) is 0.583. The van der Waals surface area contributed by atoms with Gasteiger partial charge in [-0.1, -0.05) is 18.5 Å². The molecule has 0 bridgehead atoms. The molecular weight excluding hydrogens is 256 g/mol. The van der Waals surface area contributed by atoms with Crippen LogP contribution in [0.1, 0.15) is 24.6 Å². The van der Waals surface area contributed by atoms with E-state index in [1.54, 1.807) is 0 Å². The Morgan fingerprint density at radius 3 is 3.00 bits per heavy atom. The quantitative estimate of drug-likeness (QED) is 0.884. The number of hydrogen-bond acceptors (Lipinski definition) is 3. The normalized spacial score (nSPS) is 23.9. The van der Waals surface area contributed by atoms with Gasteiger partial charge in [0.2, 0.25) is 5.91 Å². The summed E-state index contributed by atoms with van der Waals surface area (Å²) in [7, 11) is 0. The van der Waals surface area contributed by atoms with E-state index in [9.17, 15) is 4.79 Å². The Morgan fingerprint density at radius 1 is 1.65 bits per heavy atom. The summed E-state index contributed by atoms with van der Waals surface area (Å²) in [5, 5.41) is 6.29. The van der Waals surface area contributed by atoms with E-state index >= 15 is 0 Å². The molecular formula is C12H17ClN2OS. The molecule has 1 aliphatic heterocycles. The van der Waals surface area contributed by atoms with Crippen molar-refractivity contribution in [2.75, 3.05) is 13.1 Å². The third-order valence-corrected chi connectivity index (χ3v) is 4.69. The molecule has 1 amide bonds. The predicted molar refractivity (Wildman–Crippen MR) is 71.4 cm³/mol. The molecule has 0 aromatic carbocycles. The maximum Gasteiger partial charge on any atom is 0.227 e.